The number of nitrogens with zero attached hydrogens (tertiary/aromatic N) is 4. The molecule has 12 heteroatoms. The number of hydrogen-bond acceptors (Lipinski definition) is 8. The highest BCUT2D eigenvalue weighted by molar-refractivity contribution is 7.17. The third-order valence-electron chi connectivity index (χ3n) is 5.50. The second kappa shape index (κ2) is 8.15. The zero-order valence-electron chi connectivity index (χ0n) is 17.6. The van der Waals surface area contributed by atoms with E-state index in [2.05, 4.69) is 10.4 Å². The van der Waals surface area contributed by atoms with Crippen LogP contribution in [0.25, 0.3) is 16.0 Å². The highest BCUT2D eigenvalue weighted by Gasteiger charge is 2.20. The van der Waals surface area contributed by atoms with Gasteiger partial charge in [-0.3, -0.25) is 14.2 Å². The lowest BCUT2D eigenvalue weighted by molar-refractivity contribution is -0.122. The number of carbonyl (C=O) groups is 1. The van der Waals surface area contributed by atoms with Crippen LogP contribution in [0, 0.1) is 0 Å². The number of amides is 1. The molecular formula is C22H17N5O5S2. The summed E-state index contributed by atoms with van der Waals surface area (Å²) in [5, 5.41) is 10.9. The molecule has 0 bridgehead atoms. The zero-order chi connectivity index (χ0) is 23.2. The van der Waals surface area contributed by atoms with Gasteiger partial charge in [-0.1, -0.05) is 12.1 Å². The Morgan fingerprint density at radius 2 is 1.97 bits per heavy atom. The molecule has 0 unspecified atom stereocenters. The van der Waals surface area contributed by atoms with Gasteiger partial charge in [0.05, 0.1) is 12.1 Å². The van der Waals surface area contributed by atoms with E-state index in [9.17, 15) is 14.4 Å². The number of carbonyl (C=O) groups excluding carboxylic acids is 1. The van der Waals surface area contributed by atoms with Crippen molar-refractivity contribution in [1.29, 1.82) is 0 Å². The maximum absolute atomic E-state index is 13.2. The van der Waals surface area contributed by atoms with E-state index in [0.717, 1.165) is 15.1 Å². The lowest BCUT2D eigenvalue weighted by Gasteiger charge is -2.06. The first kappa shape index (κ1) is 20.7. The molecule has 5 aromatic rings. The van der Waals surface area contributed by atoms with E-state index >= 15 is 0 Å². The van der Waals surface area contributed by atoms with E-state index < -0.39 is 5.69 Å². The smallest absolute Gasteiger partial charge is 0.352 e. The molecule has 1 aliphatic heterocycles. The van der Waals surface area contributed by atoms with Crippen LogP contribution in [0.3, 0.4) is 0 Å². The molecule has 0 saturated carbocycles. The first-order valence-electron chi connectivity index (χ1n) is 10.4. The van der Waals surface area contributed by atoms with Crippen LogP contribution >= 0.6 is 22.7 Å². The molecule has 1 N–H and O–H groups in total. The molecule has 1 aromatic carbocycles. The number of aromatic nitrogens is 4. The van der Waals surface area contributed by atoms with Crippen molar-refractivity contribution in [2.24, 2.45) is 0 Å². The van der Waals surface area contributed by atoms with E-state index in [0.29, 0.717) is 28.3 Å². The Labute approximate surface area is 199 Å². The zero-order valence-corrected chi connectivity index (χ0v) is 19.2. The summed E-state index contributed by atoms with van der Waals surface area (Å²) >= 11 is 2.79. The molecule has 172 valence electrons. The highest BCUT2D eigenvalue weighted by Crippen LogP contribution is 2.32. The summed E-state index contributed by atoms with van der Waals surface area (Å²) in [7, 11) is 0. The van der Waals surface area contributed by atoms with Crippen LogP contribution in [0.5, 0.6) is 11.5 Å². The normalized spacial score (nSPS) is 12.6. The third-order valence-corrected chi connectivity index (χ3v) is 7.26. The van der Waals surface area contributed by atoms with Crippen LogP contribution < -0.4 is 26.0 Å². The predicted octanol–water partition coefficient (Wildman–Crippen LogP) is 2.03. The van der Waals surface area contributed by atoms with Gasteiger partial charge in [0.25, 0.3) is 5.56 Å². The van der Waals surface area contributed by atoms with Crippen LogP contribution in [0.2, 0.25) is 0 Å². The van der Waals surface area contributed by atoms with E-state index in [1.165, 1.54) is 31.6 Å². The molecule has 1 amide bonds. The van der Waals surface area contributed by atoms with Crippen LogP contribution in [0.4, 0.5) is 0 Å². The Kier molecular flexibility index (Phi) is 4.96. The van der Waals surface area contributed by atoms with Crippen LogP contribution in [0.1, 0.15) is 10.4 Å². The lowest BCUT2D eigenvalue weighted by atomic mass is 10.2. The molecule has 4 aromatic heterocycles. The maximum atomic E-state index is 13.2. The Hall–Kier alpha value is -3.90. The fourth-order valence-corrected chi connectivity index (χ4v) is 5.40. The Bertz CT molecular complexity index is 1660. The van der Waals surface area contributed by atoms with Gasteiger partial charge in [0, 0.05) is 11.4 Å². The SMILES string of the molecule is O=C(Cn1nc2n(Cc3cccs3)c(=O)c3sccc3n2c1=O)NCc1ccc2c(c1)OCO2. The van der Waals surface area contributed by atoms with Gasteiger partial charge in [-0.05, 0) is 40.6 Å². The number of thiophene rings is 2. The lowest BCUT2D eigenvalue weighted by Crippen LogP contribution is -2.32. The maximum Gasteiger partial charge on any atom is 0.352 e. The van der Waals surface area contributed by atoms with Gasteiger partial charge in [-0.15, -0.1) is 27.8 Å². The summed E-state index contributed by atoms with van der Waals surface area (Å²) in [4.78, 5) is 39.9. The highest BCUT2D eigenvalue weighted by atomic mass is 32.1. The summed E-state index contributed by atoms with van der Waals surface area (Å²) in [6.07, 6.45) is 0. The van der Waals surface area contributed by atoms with E-state index in [1.807, 2.05) is 23.6 Å². The Morgan fingerprint density at radius 1 is 1.09 bits per heavy atom. The number of hydrogen-bond donors (Lipinski definition) is 1. The van der Waals surface area contributed by atoms with Crippen molar-refractivity contribution in [2.75, 3.05) is 6.79 Å². The number of benzene rings is 1. The van der Waals surface area contributed by atoms with Crippen LogP contribution in [-0.2, 0) is 24.4 Å². The van der Waals surface area contributed by atoms with Crippen LogP contribution in [-0.4, -0.2) is 31.4 Å². The number of fused-ring (bicyclic) bond motifs is 4. The van der Waals surface area contributed by atoms with Gasteiger partial charge in [-0.25, -0.2) is 13.9 Å². The number of ether oxygens (including phenoxy) is 2. The predicted molar refractivity (Wildman–Crippen MR) is 127 cm³/mol. The van der Waals surface area contributed by atoms with Gasteiger partial charge < -0.3 is 14.8 Å². The minimum Gasteiger partial charge on any atom is -0.454 e. The summed E-state index contributed by atoms with van der Waals surface area (Å²) in [6, 6.07) is 11.0. The van der Waals surface area contributed by atoms with Crippen molar-refractivity contribution in [3.05, 3.63) is 78.4 Å². The van der Waals surface area contributed by atoms with E-state index in [1.54, 1.807) is 23.6 Å². The van der Waals surface area contributed by atoms with Crippen molar-refractivity contribution in [3.63, 3.8) is 0 Å². The summed E-state index contributed by atoms with van der Waals surface area (Å²) < 4.78 is 15.1. The third kappa shape index (κ3) is 3.47. The minimum absolute atomic E-state index is 0.177. The first-order valence-corrected chi connectivity index (χ1v) is 12.1. The summed E-state index contributed by atoms with van der Waals surface area (Å²) in [5.74, 6) is 1.13. The molecule has 1 aliphatic rings. The fraction of sp³-hybridized carbons (Fsp3) is 0.182. The second-order valence-corrected chi connectivity index (χ2v) is 9.59. The molecular weight excluding hydrogens is 478 g/mol. The second-order valence-electron chi connectivity index (χ2n) is 7.65. The Morgan fingerprint density at radius 3 is 2.82 bits per heavy atom. The minimum atomic E-state index is -0.475. The van der Waals surface area contributed by atoms with Gasteiger partial charge in [0.15, 0.2) is 11.5 Å². The fourth-order valence-electron chi connectivity index (χ4n) is 3.88. The molecule has 34 heavy (non-hydrogen) atoms. The van der Waals surface area contributed by atoms with Crippen molar-refractivity contribution in [2.45, 2.75) is 19.6 Å². The molecule has 0 spiro atoms. The van der Waals surface area contributed by atoms with Gasteiger partial charge in [0.1, 0.15) is 11.2 Å². The van der Waals surface area contributed by atoms with Crippen LogP contribution in [0.15, 0.2) is 56.7 Å². The molecule has 5 heterocycles. The quantitative estimate of drug-likeness (QED) is 0.386. The Balaban J connectivity index is 1.31. The molecule has 0 aliphatic carbocycles. The molecule has 0 saturated heterocycles. The summed E-state index contributed by atoms with van der Waals surface area (Å²) in [6.45, 7) is 0.455. The average molecular weight is 496 g/mol. The largest absolute Gasteiger partial charge is 0.454 e. The summed E-state index contributed by atoms with van der Waals surface area (Å²) in [5.41, 5.74) is 0.640. The number of rotatable bonds is 6. The molecule has 10 nitrogen and oxygen atoms in total. The molecule has 0 atom stereocenters. The topological polar surface area (TPSA) is 109 Å². The molecule has 0 fully saturated rings. The van der Waals surface area contributed by atoms with Crippen molar-refractivity contribution < 1.29 is 14.3 Å². The van der Waals surface area contributed by atoms with Crippen molar-refractivity contribution in [3.8, 4) is 11.5 Å². The van der Waals surface area contributed by atoms with Gasteiger partial charge in [-0.2, -0.15) is 0 Å². The monoisotopic (exact) mass is 495 g/mol. The standard InChI is InChI=1S/C22H17N5O5S2/c28-18(23-9-13-3-4-16-17(8-13)32-12-31-16)11-26-22(30)27-15-5-7-34-19(15)20(29)25(21(27)24-26)10-14-2-1-6-33-14/h1-8H,9-12H2,(H,23,28). The van der Waals surface area contributed by atoms with Gasteiger partial charge in [0.2, 0.25) is 18.5 Å². The van der Waals surface area contributed by atoms with Crippen molar-refractivity contribution in [1.82, 2.24) is 24.1 Å². The molecule has 0 radical (unpaired) electrons. The average Bonchev–Trinajstić information content (AvgIpc) is 3.62. The first-order chi connectivity index (χ1) is 16.6. The van der Waals surface area contributed by atoms with Gasteiger partial charge >= 0.3 is 5.69 Å². The van der Waals surface area contributed by atoms with E-state index in [-0.39, 0.29) is 37.1 Å². The molecule has 6 rings (SSSR count). The van der Waals surface area contributed by atoms with Crippen molar-refractivity contribution >= 4 is 44.6 Å². The number of nitrogens with one attached hydrogen (secondary N) is 1. The van der Waals surface area contributed by atoms with E-state index in [4.69, 9.17) is 9.47 Å².